The van der Waals surface area contributed by atoms with Crippen LogP contribution in [0.1, 0.15) is 45.4 Å². The Balaban J connectivity index is 2.03. The highest BCUT2D eigenvalue weighted by Crippen LogP contribution is 2.26. The maximum Gasteiger partial charge on any atom is 0.303 e. The Kier molecular flexibility index (Phi) is 6.12. The van der Waals surface area contributed by atoms with E-state index in [0.717, 1.165) is 0 Å². The molecule has 0 heterocycles. The molecule has 18 heavy (non-hydrogen) atoms. The van der Waals surface area contributed by atoms with Crippen molar-refractivity contribution >= 4 is 11.9 Å². The number of hydrogen-bond donors (Lipinski definition) is 2. The van der Waals surface area contributed by atoms with Crippen LogP contribution in [0.4, 0.5) is 0 Å². The van der Waals surface area contributed by atoms with Crippen LogP contribution < -0.4 is 5.32 Å². The number of carboxylic acids is 1. The quantitative estimate of drug-likeness (QED) is 0.609. The summed E-state index contributed by atoms with van der Waals surface area (Å²) in [5.74, 6) is -0.772. The summed E-state index contributed by atoms with van der Waals surface area (Å²) in [6.07, 6.45) is 4.32. The second-order valence-electron chi connectivity index (χ2n) is 5.15. The van der Waals surface area contributed by atoms with E-state index in [1.165, 1.54) is 12.8 Å². The van der Waals surface area contributed by atoms with Gasteiger partial charge in [0.05, 0.1) is 0 Å². The molecule has 1 amide bonds. The first-order chi connectivity index (χ1) is 8.50. The van der Waals surface area contributed by atoms with E-state index >= 15 is 0 Å². The first-order valence-electron chi connectivity index (χ1n) is 6.71. The highest BCUT2D eigenvalue weighted by atomic mass is 16.4. The lowest BCUT2D eigenvalue weighted by Gasteiger charge is -2.24. The van der Waals surface area contributed by atoms with Gasteiger partial charge in [0, 0.05) is 31.5 Å². The minimum absolute atomic E-state index is 0.0245. The fraction of sp³-hybridized carbons (Fsp3) is 0.846. The van der Waals surface area contributed by atoms with Gasteiger partial charge < -0.3 is 10.4 Å². The first-order valence-corrected chi connectivity index (χ1v) is 6.71. The number of carbonyl (C=O) groups is 2. The second-order valence-corrected chi connectivity index (χ2v) is 5.15. The molecule has 0 aromatic carbocycles. The van der Waals surface area contributed by atoms with E-state index in [9.17, 15) is 9.59 Å². The summed E-state index contributed by atoms with van der Waals surface area (Å²) in [5, 5.41) is 11.4. The van der Waals surface area contributed by atoms with E-state index in [0.29, 0.717) is 37.9 Å². The molecule has 0 aromatic heterocycles. The highest BCUT2D eigenvalue weighted by molar-refractivity contribution is 5.75. The van der Waals surface area contributed by atoms with E-state index in [2.05, 4.69) is 24.2 Å². The summed E-state index contributed by atoms with van der Waals surface area (Å²) in [4.78, 5) is 24.1. The smallest absolute Gasteiger partial charge is 0.303 e. The molecule has 0 aliphatic heterocycles. The van der Waals surface area contributed by atoms with Crippen molar-refractivity contribution in [2.75, 3.05) is 13.6 Å². The fourth-order valence-electron chi connectivity index (χ4n) is 1.90. The number of amides is 1. The summed E-state index contributed by atoms with van der Waals surface area (Å²) in [6, 6.07) is 1.06. The molecule has 0 saturated heterocycles. The monoisotopic (exact) mass is 256 g/mol. The van der Waals surface area contributed by atoms with Crippen molar-refractivity contribution in [3.05, 3.63) is 0 Å². The van der Waals surface area contributed by atoms with Gasteiger partial charge in [-0.2, -0.15) is 0 Å². The SMILES string of the molecule is CC(CNC(=O)CCCCC(=O)O)N(C)C1CC1. The molecule has 1 fully saturated rings. The molecule has 1 aliphatic rings. The van der Waals surface area contributed by atoms with Crippen LogP contribution in [0.25, 0.3) is 0 Å². The van der Waals surface area contributed by atoms with Crippen LogP contribution in [0, 0.1) is 0 Å². The summed E-state index contributed by atoms with van der Waals surface area (Å²) >= 11 is 0. The molecule has 5 nitrogen and oxygen atoms in total. The zero-order valence-corrected chi connectivity index (χ0v) is 11.3. The van der Waals surface area contributed by atoms with Gasteiger partial charge in [0.1, 0.15) is 0 Å². The Morgan fingerprint density at radius 3 is 2.50 bits per heavy atom. The van der Waals surface area contributed by atoms with Gasteiger partial charge in [0.2, 0.25) is 5.91 Å². The number of aliphatic carboxylic acids is 1. The number of likely N-dealkylation sites (N-methyl/N-ethyl adjacent to an activating group) is 1. The van der Waals surface area contributed by atoms with Crippen molar-refractivity contribution in [2.45, 2.75) is 57.5 Å². The summed E-state index contributed by atoms with van der Waals surface area (Å²) in [5.41, 5.74) is 0. The average Bonchev–Trinajstić information content (AvgIpc) is 3.14. The van der Waals surface area contributed by atoms with Crippen LogP contribution in [0.2, 0.25) is 0 Å². The third-order valence-corrected chi connectivity index (χ3v) is 3.46. The van der Waals surface area contributed by atoms with Gasteiger partial charge in [-0.3, -0.25) is 14.5 Å². The number of nitrogens with zero attached hydrogens (tertiary/aromatic N) is 1. The molecular weight excluding hydrogens is 232 g/mol. The third-order valence-electron chi connectivity index (χ3n) is 3.46. The van der Waals surface area contributed by atoms with E-state index in [4.69, 9.17) is 5.11 Å². The normalized spacial score (nSPS) is 16.6. The Hall–Kier alpha value is -1.10. The minimum Gasteiger partial charge on any atom is -0.481 e. The number of carboxylic acid groups (broad SMARTS) is 1. The molecule has 1 saturated carbocycles. The van der Waals surface area contributed by atoms with Gasteiger partial charge in [-0.1, -0.05) is 0 Å². The van der Waals surface area contributed by atoms with Crippen LogP contribution in [-0.4, -0.2) is 47.6 Å². The Labute approximate surface area is 109 Å². The molecule has 0 bridgehead atoms. The van der Waals surface area contributed by atoms with Gasteiger partial charge in [-0.05, 0) is 39.7 Å². The van der Waals surface area contributed by atoms with Gasteiger partial charge in [0.15, 0.2) is 0 Å². The zero-order chi connectivity index (χ0) is 13.5. The largest absolute Gasteiger partial charge is 0.481 e. The van der Waals surface area contributed by atoms with Crippen LogP contribution in [0.3, 0.4) is 0 Å². The summed E-state index contributed by atoms with van der Waals surface area (Å²) < 4.78 is 0. The van der Waals surface area contributed by atoms with Crippen molar-refractivity contribution in [1.82, 2.24) is 10.2 Å². The lowest BCUT2D eigenvalue weighted by molar-refractivity contribution is -0.137. The molecule has 1 rings (SSSR count). The summed E-state index contributed by atoms with van der Waals surface area (Å²) in [7, 11) is 2.10. The van der Waals surface area contributed by atoms with Gasteiger partial charge >= 0.3 is 5.97 Å². The molecule has 0 radical (unpaired) electrons. The number of nitrogens with one attached hydrogen (secondary N) is 1. The van der Waals surface area contributed by atoms with Crippen molar-refractivity contribution < 1.29 is 14.7 Å². The number of carbonyl (C=O) groups excluding carboxylic acids is 1. The molecule has 104 valence electrons. The molecule has 2 N–H and O–H groups in total. The van der Waals surface area contributed by atoms with Gasteiger partial charge in [-0.15, -0.1) is 0 Å². The van der Waals surface area contributed by atoms with E-state index in [1.807, 2.05) is 0 Å². The van der Waals surface area contributed by atoms with Crippen molar-refractivity contribution in [1.29, 1.82) is 0 Å². The maximum atomic E-state index is 11.5. The minimum atomic E-state index is -0.796. The van der Waals surface area contributed by atoms with Crippen molar-refractivity contribution in [2.24, 2.45) is 0 Å². The number of rotatable bonds is 9. The van der Waals surface area contributed by atoms with Crippen LogP contribution in [0.5, 0.6) is 0 Å². The molecular formula is C13H24N2O3. The topological polar surface area (TPSA) is 69.6 Å². The highest BCUT2D eigenvalue weighted by Gasteiger charge is 2.28. The second kappa shape index (κ2) is 7.36. The maximum absolute atomic E-state index is 11.5. The molecule has 0 aromatic rings. The summed E-state index contributed by atoms with van der Waals surface area (Å²) in [6.45, 7) is 2.79. The molecule has 1 unspecified atom stereocenters. The number of hydrogen-bond acceptors (Lipinski definition) is 3. The average molecular weight is 256 g/mol. The fourth-order valence-corrected chi connectivity index (χ4v) is 1.90. The first kappa shape index (κ1) is 15.0. The Morgan fingerprint density at radius 1 is 1.33 bits per heavy atom. The van der Waals surface area contributed by atoms with Crippen LogP contribution in [0.15, 0.2) is 0 Å². The lowest BCUT2D eigenvalue weighted by Crippen LogP contribution is -2.41. The standard InChI is InChI=1S/C13H24N2O3/c1-10(15(2)11-7-8-11)9-14-12(16)5-3-4-6-13(17)18/h10-11H,3-9H2,1-2H3,(H,14,16)(H,17,18). The third kappa shape index (κ3) is 6.00. The van der Waals surface area contributed by atoms with Crippen molar-refractivity contribution in [3.8, 4) is 0 Å². The Morgan fingerprint density at radius 2 is 1.94 bits per heavy atom. The molecule has 5 heteroatoms. The Bertz CT molecular complexity index is 290. The lowest BCUT2D eigenvalue weighted by atomic mass is 10.2. The van der Waals surface area contributed by atoms with Crippen LogP contribution >= 0.6 is 0 Å². The molecule has 1 aliphatic carbocycles. The predicted molar refractivity (Wildman–Crippen MR) is 69.4 cm³/mol. The van der Waals surface area contributed by atoms with E-state index in [-0.39, 0.29) is 12.3 Å². The van der Waals surface area contributed by atoms with Gasteiger partial charge in [0.25, 0.3) is 0 Å². The number of unbranched alkanes of at least 4 members (excludes halogenated alkanes) is 1. The van der Waals surface area contributed by atoms with Crippen LogP contribution in [-0.2, 0) is 9.59 Å². The van der Waals surface area contributed by atoms with E-state index in [1.54, 1.807) is 0 Å². The predicted octanol–water partition coefficient (Wildman–Crippen LogP) is 1.23. The van der Waals surface area contributed by atoms with E-state index < -0.39 is 5.97 Å². The molecule has 0 spiro atoms. The van der Waals surface area contributed by atoms with Crippen molar-refractivity contribution in [3.63, 3.8) is 0 Å². The van der Waals surface area contributed by atoms with Gasteiger partial charge in [-0.25, -0.2) is 0 Å². The zero-order valence-electron chi connectivity index (χ0n) is 11.3. The molecule has 1 atom stereocenters.